The molecule has 1 aromatic heterocycles. The van der Waals surface area contributed by atoms with Crippen molar-refractivity contribution in [3.63, 3.8) is 0 Å². The third-order valence-electron chi connectivity index (χ3n) is 4.69. The van der Waals surface area contributed by atoms with E-state index in [4.69, 9.17) is 11.6 Å². The lowest BCUT2D eigenvalue weighted by Gasteiger charge is -2.35. The van der Waals surface area contributed by atoms with Crippen molar-refractivity contribution in [3.8, 4) is 5.69 Å². The molecule has 0 N–H and O–H groups in total. The van der Waals surface area contributed by atoms with Gasteiger partial charge in [0.1, 0.15) is 6.33 Å². The summed E-state index contributed by atoms with van der Waals surface area (Å²) in [5.74, 6) is 0.572. The number of carbonyl (C=O) groups excluding carboxylic acids is 1. The minimum Gasteiger partial charge on any atom is -0.339 e. The fourth-order valence-corrected chi connectivity index (χ4v) is 4.18. The molecule has 0 spiro atoms. The van der Waals surface area contributed by atoms with Crippen molar-refractivity contribution in [1.82, 2.24) is 19.7 Å². The van der Waals surface area contributed by atoms with Crippen LogP contribution in [-0.4, -0.2) is 43.9 Å². The Bertz CT molecular complexity index is 748. The average molecular weight is 379 g/mol. The molecule has 0 unspecified atom stereocenters. The Morgan fingerprint density at radius 2 is 2.24 bits per heavy atom. The number of piperidine rings is 1. The number of hydrogen-bond donors (Lipinski definition) is 0. The van der Waals surface area contributed by atoms with Crippen molar-refractivity contribution in [2.24, 2.45) is 0 Å². The number of hydrogen-bond acceptors (Lipinski definition) is 4. The molecule has 1 saturated heterocycles. The highest BCUT2D eigenvalue weighted by Gasteiger charge is 2.25. The van der Waals surface area contributed by atoms with Crippen molar-refractivity contribution in [2.75, 3.05) is 12.3 Å². The van der Waals surface area contributed by atoms with Gasteiger partial charge in [-0.25, -0.2) is 0 Å². The summed E-state index contributed by atoms with van der Waals surface area (Å²) in [5.41, 5.74) is 1.93. The summed E-state index contributed by atoms with van der Waals surface area (Å²) in [6.07, 6.45) is 6.12. The fourth-order valence-electron chi connectivity index (χ4n) is 3.19. The van der Waals surface area contributed by atoms with E-state index in [-0.39, 0.29) is 5.91 Å². The third-order valence-corrected chi connectivity index (χ3v) is 6.03. The standard InChI is InChI=1S/C18H23ClN4OS/c1-3-14-6-4-5-9-22(14)17(24)11-25-18-21-20-12-23(18)15-8-7-13(2)16(19)10-15/h7-8,10,12,14H,3-6,9,11H2,1-2H3/t14-/m0/s1. The summed E-state index contributed by atoms with van der Waals surface area (Å²) in [6, 6.07) is 6.23. The van der Waals surface area contributed by atoms with Crippen LogP contribution < -0.4 is 0 Å². The van der Waals surface area contributed by atoms with Crippen LogP contribution in [0.15, 0.2) is 29.7 Å². The molecule has 5 nitrogen and oxygen atoms in total. The molecule has 0 radical (unpaired) electrons. The Balaban J connectivity index is 1.69. The Morgan fingerprint density at radius 1 is 1.40 bits per heavy atom. The summed E-state index contributed by atoms with van der Waals surface area (Å²) in [5, 5.41) is 9.57. The van der Waals surface area contributed by atoms with E-state index in [1.807, 2.05) is 34.6 Å². The Labute approximate surface area is 157 Å². The first-order valence-corrected chi connectivity index (χ1v) is 10.0. The molecule has 0 aliphatic carbocycles. The second-order valence-corrected chi connectivity index (χ2v) is 7.70. The van der Waals surface area contributed by atoms with Crippen molar-refractivity contribution in [1.29, 1.82) is 0 Å². The molecular formula is C18H23ClN4OS. The molecule has 134 valence electrons. The summed E-state index contributed by atoms with van der Waals surface area (Å²) < 4.78 is 1.87. The number of benzene rings is 1. The van der Waals surface area contributed by atoms with Crippen LogP contribution in [0.5, 0.6) is 0 Å². The number of nitrogens with zero attached hydrogens (tertiary/aromatic N) is 4. The van der Waals surface area contributed by atoms with Gasteiger partial charge in [-0.1, -0.05) is 36.4 Å². The van der Waals surface area contributed by atoms with Gasteiger partial charge >= 0.3 is 0 Å². The molecule has 1 aliphatic heterocycles. The van der Waals surface area contributed by atoms with E-state index >= 15 is 0 Å². The monoisotopic (exact) mass is 378 g/mol. The zero-order valence-electron chi connectivity index (χ0n) is 14.6. The number of carbonyl (C=O) groups is 1. The second-order valence-electron chi connectivity index (χ2n) is 6.35. The highest BCUT2D eigenvalue weighted by atomic mass is 35.5. The highest BCUT2D eigenvalue weighted by Crippen LogP contribution is 2.25. The first-order chi connectivity index (χ1) is 12.1. The van der Waals surface area contributed by atoms with Crippen LogP contribution in [-0.2, 0) is 4.79 Å². The molecule has 1 amide bonds. The highest BCUT2D eigenvalue weighted by molar-refractivity contribution is 7.99. The van der Waals surface area contributed by atoms with Gasteiger partial charge in [-0.2, -0.15) is 0 Å². The molecule has 2 aromatic rings. The van der Waals surface area contributed by atoms with Gasteiger partial charge in [0.15, 0.2) is 5.16 Å². The van der Waals surface area contributed by atoms with Gasteiger partial charge in [-0.3, -0.25) is 9.36 Å². The van der Waals surface area contributed by atoms with Gasteiger partial charge in [0.25, 0.3) is 0 Å². The van der Waals surface area contributed by atoms with Crippen LogP contribution in [0.4, 0.5) is 0 Å². The lowest BCUT2D eigenvalue weighted by molar-refractivity contribution is -0.132. The maximum absolute atomic E-state index is 12.6. The summed E-state index contributed by atoms with van der Waals surface area (Å²) in [6.45, 7) is 4.99. The molecule has 1 aromatic carbocycles. The third kappa shape index (κ3) is 4.18. The lowest BCUT2D eigenvalue weighted by Crippen LogP contribution is -2.44. The van der Waals surface area contributed by atoms with E-state index in [1.54, 1.807) is 6.33 Å². The maximum atomic E-state index is 12.6. The van der Waals surface area contributed by atoms with Gasteiger partial charge in [-0.15, -0.1) is 10.2 Å². The largest absolute Gasteiger partial charge is 0.339 e. The molecule has 0 bridgehead atoms. The maximum Gasteiger partial charge on any atom is 0.233 e. The first kappa shape index (κ1) is 18.3. The van der Waals surface area contributed by atoms with Crippen molar-refractivity contribution < 1.29 is 4.79 Å². The molecule has 1 atom stereocenters. The molecule has 1 fully saturated rings. The smallest absolute Gasteiger partial charge is 0.233 e. The number of aromatic nitrogens is 3. The summed E-state index contributed by atoms with van der Waals surface area (Å²) in [7, 11) is 0. The van der Waals surface area contributed by atoms with Crippen molar-refractivity contribution >= 4 is 29.3 Å². The topological polar surface area (TPSA) is 51.0 Å². The Hall–Kier alpha value is -1.53. The van der Waals surface area contributed by atoms with E-state index in [9.17, 15) is 4.79 Å². The summed E-state index contributed by atoms with van der Waals surface area (Å²) >= 11 is 7.65. The number of likely N-dealkylation sites (tertiary alicyclic amines) is 1. The number of halogens is 1. The van der Waals surface area contributed by atoms with Crippen LogP contribution >= 0.6 is 23.4 Å². The molecule has 7 heteroatoms. The molecule has 2 heterocycles. The van der Waals surface area contributed by atoms with E-state index < -0.39 is 0 Å². The number of thioether (sulfide) groups is 1. The number of aryl methyl sites for hydroxylation is 1. The zero-order chi connectivity index (χ0) is 17.8. The van der Waals surface area contributed by atoms with Gasteiger partial charge in [0, 0.05) is 17.6 Å². The second kappa shape index (κ2) is 8.23. The SMILES string of the molecule is CC[C@H]1CCCCN1C(=O)CSc1nncn1-c1ccc(C)c(Cl)c1. The molecule has 3 rings (SSSR count). The van der Waals surface area contributed by atoms with Crippen molar-refractivity contribution in [2.45, 2.75) is 50.7 Å². The first-order valence-electron chi connectivity index (χ1n) is 8.69. The van der Waals surface area contributed by atoms with Crippen molar-refractivity contribution in [3.05, 3.63) is 35.1 Å². The van der Waals surface area contributed by atoms with Crippen LogP contribution in [0.2, 0.25) is 5.02 Å². The minimum absolute atomic E-state index is 0.188. The number of rotatable bonds is 5. The lowest BCUT2D eigenvalue weighted by atomic mass is 10.0. The van der Waals surface area contributed by atoms with Crippen LogP contribution in [0.3, 0.4) is 0 Å². The van der Waals surface area contributed by atoms with E-state index in [1.165, 1.54) is 18.2 Å². The predicted octanol–water partition coefficient (Wildman–Crippen LogP) is 4.11. The minimum atomic E-state index is 0.188. The number of amides is 1. The van der Waals surface area contributed by atoms with Gasteiger partial charge < -0.3 is 4.90 Å². The fraction of sp³-hybridized carbons (Fsp3) is 0.500. The van der Waals surface area contributed by atoms with Crippen LogP contribution in [0.1, 0.15) is 38.2 Å². The zero-order valence-corrected chi connectivity index (χ0v) is 16.2. The average Bonchev–Trinajstić information content (AvgIpc) is 3.10. The van der Waals surface area contributed by atoms with Gasteiger partial charge in [0.05, 0.1) is 11.4 Å². The quantitative estimate of drug-likeness (QED) is 0.734. The Kier molecular flexibility index (Phi) is 6.02. The van der Waals surface area contributed by atoms with E-state index in [0.29, 0.717) is 22.0 Å². The normalized spacial score (nSPS) is 17.7. The molecule has 25 heavy (non-hydrogen) atoms. The Morgan fingerprint density at radius 3 is 3.00 bits per heavy atom. The van der Waals surface area contributed by atoms with E-state index in [0.717, 1.165) is 37.1 Å². The predicted molar refractivity (Wildman–Crippen MR) is 101 cm³/mol. The van der Waals surface area contributed by atoms with Crippen LogP contribution in [0, 0.1) is 6.92 Å². The molecule has 1 aliphatic rings. The van der Waals surface area contributed by atoms with Gasteiger partial charge in [0.2, 0.25) is 5.91 Å². The van der Waals surface area contributed by atoms with Gasteiger partial charge in [-0.05, 0) is 50.3 Å². The van der Waals surface area contributed by atoms with Crippen LogP contribution in [0.25, 0.3) is 5.69 Å². The van der Waals surface area contributed by atoms with E-state index in [2.05, 4.69) is 17.1 Å². The summed E-state index contributed by atoms with van der Waals surface area (Å²) in [4.78, 5) is 14.7. The molecular weight excluding hydrogens is 356 g/mol. The molecule has 0 saturated carbocycles.